The fraction of sp³-hybridized carbons (Fsp3) is 0.500. The largest absolute Gasteiger partial charge is 0.344 e. The highest BCUT2D eigenvalue weighted by Gasteiger charge is 2.29. The number of rotatable bonds is 5. The maximum Gasteiger partial charge on any atom is 0.253 e. The van der Waals surface area contributed by atoms with E-state index >= 15 is 0 Å². The predicted molar refractivity (Wildman–Crippen MR) is 93.1 cm³/mol. The lowest BCUT2D eigenvalue weighted by molar-refractivity contribution is -0.127. The Bertz CT molecular complexity index is 753. The normalized spacial score (nSPS) is 16.3. The van der Waals surface area contributed by atoms with E-state index in [1.807, 2.05) is 13.8 Å². The minimum Gasteiger partial charge on any atom is -0.344 e. The van der Waals surface area contributed by atoms with Crippen LogP contribution in [0.25, 0.3) is 0 Å². The predicted octanol–water partition coefficient (Wildman–Crippen LogP) is 1.76. The van der Waals surface area contributed by atoms with Crippen LogP contribution in [0.2, 0.25) is 0 Å². The molecule has 0 aromatic carbocycles. The van der Waals surface area contributed by atoms with Crippen molar-refractivity contribution in [3.05, 3.63) is 41.8 Å². The molecule has 0 aliphatic carbocycles. The van der Waals surface area contributed by atoms with Crippen molar-refractivity contribution in [1.82, 2.24) is 25.3 Å². The highest BCUT2D eigenvalue weighted by molar-refractivity contribution is 5.94. The van der Waals surface area contributed by atoms with Gasteiger partial charge in [-0.2, -0.15) is 4.98 Å². The van der Waals surface area contributed by atoms with Gasteiger partial charge in [0.25, 0.3) is 5.91 Å². The zero-order chi connectivity index (χ0) is 18.5. The number of carbonyl (C=O) groups excluding carboxylic acids is 2. The number of likely N-dealkylation sites (tertiary alicyclic amines) is 1. The summed E-state index contributed by atoms with van der Waals surface area (Å²) in [4.78, 5) is 34.9. The topological polar surface area (TPSA) is 101 Å². The van der Waals surface area contributed by atoms with Crippen molar-refractivity contribution in [3.8, 4) is 0 Å². The van der Waals surface area contributed by atoms with E-state index in [4.69, 9.17) is 4.52 Å². The quantitative estimate of drug-likeness (QED) is 0.875. The third-order valence-electron chi connectivity index (χ3n) is 4.61. The summed E-state index contributed by atoms with van der Waals surface area (Å²) in [6.07, 6.45) is 5.18. The summed E-state index contributed by atoms with van der Waals surface area (Å²) in [5, 5.41) is 6.78. The molecular weight excluding hydrogens is 334 g/mol. The minimum absolute atomic E-state index is 0.0161. The van der Waals surface area contributed by atoms with Gasteiger partial charge < -0.3 is 14.7 Å². The van der Waals surface area contributed by atoms with Crippen molar-refractivity contribution in [2.45, 2.75) is 39.2 Å². The van der Waals surface area contributed by atoms with E-state index in [1.54, 1.807) is 29.4 Å². The van der Waals surface area contributed by atoms with E-state index in [0.717, 1.165) is 0 Å². The number of amides is 2. The molecule has 1 aliphatic rings. The van der Waals surface area contributed by atoms with Crippen molar-refractivity contribution >= 4 is 11.8 Å². The highest BCUT2D eigenvalue weighted by Crippen LogP contribution is 2.20. The summed E-state index contributed by atoms with van der Waals surface area (Å²) in [6.45, 7) is 4.90. The maximum atomic E-state index is 12.5. The van der Waals surface area contributed by atoms with Crippen LogP contribution in [0.15, 0.2) is 29.0 Å². The number of aromatic nitrogens is 3. The van der Waals surface area contributed by atoms with Gasteiger partial charge in [0.05, 0.1) is 0 Å². The summed E-state index contributed by atoms with van der Waals surface area (Å²) in [5.74, 6) is 0.874. The fourth-order valence-corrected chi connectivity index (χ4v) is 3.00. The maximum absolute atomic E-state index is 12.5. The number of nitrogens with zero attached hydrogens (tertiary/aromatic N) is 4. The van der Waals surface area contributed by atoms with Gasteiger partial charge in [0.1, 0.15) is 6.04 Å². The van der Waals surface area contributed by atoms with Crippen LogP contribution in [-0.2, 0) is 11.2 Å². The van der Waals surface area contributed by atoms with Crippen molar-refractivity contribution in [3.63, 3.8) is 0 Å². The Morgan fingerprint density at radius 1 is 1.31 bits per heavy atom. The summed E-state index contributed by atoms with van der Waals surface area (Å²) < 4.78 is 5.17. The molecule has 3 rings (SSSR count). The van der Waals surface area contributed by atoms with Crippen LogP contribution in [0.1, 0.15) is 54.8 Å². The lowest BCUT2D eigenvalue weighted by atomic mass is 9.95. The smallest absolute Gasteiger partial charge is 0.253 e. The first-order valence-corrected chi connectivity index (χ1v) is 8.90. The standard InChI is InChI=1S/C18H23N5O3/c1-3-15-21-17(26-22-15)12(2)20-16(24)13-6-10-23(11-7-13)18(25)14-4-8-19-9-5-14/h4-5,8-9,12-13H,3,6-7,10-11H2,1-2H3,(H,20,24). The number of aryl methyl sites for hydroxylation is 1. The zero-order valence-electron chi connectivity index (χ0n) is 15.0. The van der Waals surface area contributed by atoms with Crippen molar-refractivity contribution in [2.24, 2.45) is 5.92 Å². The molecule has 1 N–H and O–H groups in total. The Labute approximate surface area is 152 Å². The molecule has 8 nitrogen and oxygen atoms in total. The van der Waals surface area contributed by atoms with Crippen LogP contribution in [0.4, 0.5) is 0 Å². The second-order valence-corrected chi connectivity index (χ2v) is 6.44. The van der Waals surface area contributed by atoms with Gasteiger partial charge in [-0.3, -0.25) is 14.6 Å². The van der Waals surface area contributed by atoms with Crippen LogP contribution in [0.3, 0.4) is 0 Å². The van der Waals surface area contributed by atoms with E-state index in [0.29, 0.717) is 49.6 Å². The number of carbonyl (C=O) groups is 2. The third kappa shape index (κ3) is 4.07. The number of nitrogens with one attached hydrogen (secondary N) is 1. The number of hydrogen-bond donors (Lipinski definition) is 1. The second kappa shape index (κ2) is 8.07. The highest BCUT2D eigenvalue weighted by atomic mass is 16.5. The van der Waals surface area contributed by atoms with Gasteiger partial charge in [0.2, 0.25) is 11.8 Å². The molecule has 0 radical (unpaired) electrons. The Balaban J connectivity index is 1.51. The molecular formula is C18H23N5O3. The molecule has 1 saturated heterocycles. The molecule has 1 aliphatic heterocycles. The first-order chi connectivity index (χ1) is 12.6. The molecule has 1 fully saturated rings. The van der Waals surface area contributed by atoms with Crippen molar-refractivity contribution < 1.29 is 14.1 Å². The van der Waals surface area contributed by atoms with Gasteiger partial charge in [0, 0.05) is 43.4 Å². The number of hydrogen-bond acceptors (Lipinski definition) is 6. The summed E-state index contributed by atoms with van der Waals surface area (Å²) >= 11 is 0. The van der Waals surface area contributed by atoms with E-state index in [9.17, 15) is 9.59 Å². The first-order valence-electron chi connectivity index (χ1n) is 8.90. The van der Waals surface area contributed by atoms with Crippen LogP contribution < -0.4 is 5.32 Å². The molecule has 1 atom stereocenters. The van der Waals surface area contributed by atoms with Gasteiger partial charge in [-0.15, -0.1) is 0 Å². The summed E-state index contributed by atoms with van der Waals surface area (Å²) in [7, 11) is 0. The Kier molecular flexibility index (Phi) is 5.60. The molecule has 0 saturated carbocycles. The summed E-state index contributed by atoms with van der Waals surface area (Å²) in [5.41, 5.74) is 0.625. The molecule has 1 unspecified atom stereocenters. The van der Waals surface area contributed by atoms with E-state index < -0.39 is 0 Å². The minimum atomic E-state index is -0.327. The lowest BCUT2D eigenvalue weighted by Gasteiger charge is -2.31. The average molecular weight is 357 g/mol. The third-order valence-corrected chi connectivity index (χ3v) is 4.61. The molecule has 2 amide bonds. The Hall–Kier alpha value is -2.77. The van der Waals surface area contributed by atoms with Crippen molar-refractivity contribution in [1.29, 1.82) is 0 Å². The average Bonchev–Trinajstić information content (AvgIpc) is 3.17. The number of piperidine rings is 1. The summed E-state index contributed by atoms with van der Waals surface area (Å²) in [6, 6.07) is 3.09. The molecule has 0 bridgehead atoms. The van der Waals surface area contributed by atoms with Crippen LogP contribution in [0, 0.1) is 5.92 Å². The molecule has 2 aromatic rings. The van der Waals surface area contributed by atoms with Gasteiger partial charge >= 0.3 is 0 Å². The first kappa shape index (κ1) is 18.0. The monoisotopic (exact) mass is 357 g/mol. The Morgan fingerprint density at radius 3 is 2.62 bits per heavy atom. The SMILES string of the molecule is CCc1noc(C(C)NC(=O)C2CCN(C(=O)c3ccncc3)CC2)n1. The molecule has 0 spiro atoms. The molecule has 8 heteroatoms. The fourth-order valence-electron chi connectivity index (χ4n) is 3.00. The van der Waals surface area contributed by atoms with Gasteiger partial charge in [0.15, 0.2) is 5.82 Å². The van der Waals surface area contributed by atoms with Crippen molar-refractivity contribution in [2.75, 3.05) is 13.1 Å². The molecule has 26 heavy (non-hydrogen) atoms. The lowest BCUT2D eigenvalue weighted by Crippen LogP contribution is -2.43. The van der Waals surface area contributed by atoms with Gasteiger partial charge in [-0.1, -0.05) is 12.1 Å². The molecule has 3 heterocycles. The van der Waals surface area contributed by atoms with Gasteiger partial charge in [-0.05, 0) is 31.9 Å². The van der Waals surface area contributed by atoms with E-state index in [1.165, 1.54) is 0 Å². The number of pyridine rings is 1. The van der Waals surface area contributed by atoms with Crippen LogP contribution >= 0.6 is 0 Å². The zero-order valence-corrected chi connectivity index (χ0v) is 15.0. The van der Waals surface area contributed by atoms with E-state index in [-0.39, 0.29) is 23.8 Å². The van der Waals surface area contributed by atoms with Gasteiger partial charge in [-0.25, -0.2) is 0 Å². The molecule has 138 valence electrons. The Morgan fingerprint density at radius 2 is 2.00 bits per heavy atom. The van der Waals surface area contributed by atoms with Crippen LogP contribution in [0.5, 0.6) is 0 Å². The second-order valence-electron chi connectivity index (χ2n) is 6.44. The van der Waals surface area contributed by atoms with Crippen LogP contribution in [-0.4, -0.2) is 44.9 Å². The molecule has 2 aromatic heterocycles. The van der Waals surface area contributed by atoms with E-state index in [2.05, 4.69) is 20.4 Å².